The molecule has 1 atom stereocenters. The van der Waals surface area contributed by atoms with Gasteiger partial charge in [0.15, 0.2) is 0 Å². The maximum Gasteiger partial charge on any atom is 0.224 e. The fraction of sp³-hybridized carbons (Fsp3) is 0.176. The van der Waals surface area contributed by atoms with Crippen molar-refractivity contribution in [3.8, 4) is 0 Å². The van der Waals surface area contributed by atoms with Gasteiger partial charge in [-0.1, -0.05) is 47.5 Å². The minimum atomic E-state index is -1.24. The smallest absolute Gasteiger partial charge is 0.224 e. The minimum absolute atomic E-state index is 0.133. The zero-order valence-corrected chi connectivity index (χ0v) is 13.6. The van der Waals surface area contributed by atoms with Gasteiger partial charge in [0.2, 0.25) is 5.91 Å². The Hall–Kier alpha value is -2.04. The fourth-order valence-corrected chi connectivity index (χ4v) is 2.40. The predicted molar refractivity (Wildman–Crippen MR) is 87.1 cm³/mol. The molecule has 6 heteroatoms. The first-order chi connectivity index (χ1) is 10.9. The van der Waals surface area contributed by atoms with Crippen LogP contribution in [0.1, 0.15) is 23.6 Å². The van der Waals surface area contributed by atoms with E-state index < -0.39 is 12.0 Å². The first-order valence-electron chi connectivity index (χ1n) is 6.93. The molecule has 0 aliphatic heterocycles. The monoisotopic (exact) mass is 350 g/mol. The molecular weight excluding hydrogens is 337 g/mol. The second-order valence-corrected chi connectivity index (χ2v) is 5.92. The van der Waals surface area contributed by atoms with Gasteiger partial charge in [-0.2, -0.15) is 0 Å². The topological polar surface area (TPSA) is 69.2 Å². The zero-order valence-electron chi connectivity index (χ0n) is 12.1. The van der Waals surface area contributed by atoms with E-state index in [1.807, 2.05) is 0 Å². The Morgan fingerprint density at radius 3 is 2.00 bits per heavy atom. The Labute approximate surface area is 144 Å². The van der Waals surface area contributed by atoms with Crippen molar-refractivity contribution in [2.24, 2.45) is 0 Å². The van der Waals surface area contributed by atoms with Crippen molar-refractivity contribution in [3.63, 3.8) is 0 Å². The molecule has 0 saturated carbocycles. The van der Waals surface area contributed by atoms with E-state index in [4.69, 9.17) is 23.2 Å². The lowest BCUT2D eigenvalue weighted by Gasteiger charge is -2.20. The highest BCUT2D eigenvalue weighted by molar-refractivity contribution is 6.30. The summed E-state index contributed by atoms with van der Waals surface area (Å²) in [6.45, 7) is 0. The van der Waals surface area contributed by atoms with Crippen LogP contribution in [0.3, 0.4) is 0 Å². The molecule has 1 amide bonds. The number of carboxylic acids is 1. The lowest BCUT2D eigenvalue weighted by atomic mass is 10.0. The summed E-state index contributed by atoms with van der Waals surface area (Å²) in [5, 5.41) is 14.8. The number of hydrogen-bond donors (Lipinski definition) is 1. The van der Waals surface area contributed by atoms with Gasteiger partial charge in [0.25, 0.3) is 0 Å². The van der Waals surface area contributed by atoms with Crippen LogP contribution in [0.15, 0.2) is 48.5 Å². The van der Waals surface area contributed by atoms with Gasteiger partial charge in [-0.15, -0.1) is 0 Å². The average molecular weight is 351 g/mol. The van der Waals surface area contributed by atoms with E-state index in [9.17, 15) is 14.7 Å². The highest BCUT2D eigenvalue weighted by Crippen LogP contribution is 2.19. The van der Waals surface area contributed by atoms with Gasteiger partial charge in [-0.05, 0) is 35.4 Å². The summed E-state index contributed by atoms with van der Waals surface area (Å²) in [5.41, 5.74) is 1.44. The number of carbonyl (C=O) groups is 2. The molecule has 0 spiro atoms. The summed E-state index contributed by atoms with van der Waals surface area (Å²) < 4.78 is 0. The lowest BCUT2D eigenvalue weighted by Crippen LogP contribution is -2.35. The van der Waals surface area contributed by atoms with Crippen molar-refractivity contribution in [1.29, 1.82) is 0 Å². The number of carboxylic acid groups (broad SMARTS) is 1. The van der Waals surface area contributed by atoms with E-state index in [0.717, 1.165) is 5.56 Å². The van der Waals surface area contributed by atoms with Crippen molar-refractivity contribution >= 4 is 35.1 Å². The van der Waals surface area contributed by atoms with Gasteiger partial charge in [0, 0.05) is 22.4 Å². The molecule has 4 nitrogen and oxygen atoms in total. The summed E-state index contributed by atoms with van der Waals surface area (Å²) in [6, 6.07) is 12.9. The molecule has 0 saturated heterocycles. The van der Waals surface area contributed by atoms with Crippen LogP contribution in [0.2, 0.25) is 10.0 Å². The number of halogens is 2. The Kier molecular flexibility index (Phi) is 6.02. The molecule has 120 valence electrons. The molecule has 0 aromatic heterocycles. The highest BCUT2D eigenvalue weighted by Gasteiger charge is 2.15. The third-order valence-corrected chi connectivity index (χ3v) is 3.76. The molecule has 2 aromatic rings. The average Bonchev–Trinajstić information content (AvgIpc) is 2.49. The van der Waals surface area contributed by atoms with E-state index in [-0.39, 0.29) is 18.7 Å². The van der Waals surface area contributed by atoms with Crippen LogP contribution >= 0.6 is 23.2 Å². The van der Waals surface area contributed by atoms with Crippen molar-refractivity contribution < 1.29 is 14.7 Å². The predicted octanol–water partition coefficient (Wildman–Crippen LogP) is 2.53. The third kappa shape index (κ3) is 5.58. The number of aliphatic carboxylic acids is 1. The zero-order chi connectivity index (χ0) is 16.8. The second kappa shape index (κ2) is 7.99. The van der Waals surface area contributed by atoms with Crippen molar-refractivity contribution in [2.75, 3.05) is 0 Å². The molecular formula is C17H14Cl2NO3-. The normalized spacial score (nSPS) is 11.7. The molecule has 0 fully saturated rings. The third-order valence-electron chi connectivity index (χ3n) is 3.26. The molecule has 23 heavy (non-hydrogen) atoms. The Balaban J connectivity index is 2.07. The van der Waals surface area contributed by atoms with Crippen molar-refractivity contribution in [1.82, 2.24) is 5.32 Å². The standard InChI is InChI=1S/C17H15Cl2NO3/c18-13-5-1-11(2-6-13)9-16(21)20-15(10-17(22)23)12-3-7-14(19)8-4-12/h1-8,15H,9-10H2,(H,20,21)(H,22,23)/p-1. The Morgan fingerprint density at radius 1 is 0.957 bits per heavy atom. The van der Waals surface area contributed by atoms with Crippen LogP contribution in [0.25, 0.3) is 0 Å². The Bertz CT molecular complexity index is 684. The summed E-state index contributed by atoms with van der Waals surface area (Å²) in [7, 11) is 0. The van der Waals surface area contributed by atoms with Gasteiger partial charge in [0.1, 0.15) is 0 Å². The summed E-state index contributed by atoms with van der Waals surface area (Å²) in [4.78, 5) is 23.1. The van der Waals surface area contributed by atoms with E-state index in [0.29, 0.717) is 15.6 Å². The minimum Gasteiger partial charge on any atom is -0.550 e. The number of amides is 1. The van der Waals surface area contributed by atoms with E-state index in [1.165, 1.54) is 0 Å². The van der Waals surface area contributed by atoms with Crippen LogP contribution in [-0.4, -0.2) is 11.9 Å². The fourth-order valence-electron chi connectivity index (χ4n) is 2.15. The maximum atomic E-state index is 12.1. The van der Waals surface area contributed by atoms with Crippen LogP contribution in [0, 0.1) is 0 Å². The maximum absolute atomic E-state index is 12.1. The number of carbonyl (C=O) groups excluding carboxylic acids is 2. The van der Waals surface area contributed by atoms with Gasteiger partial charge in [-0.25, -0.2) is 0 Å². The SMILES string of the molecule is O=C([O-])CC(NC(=O)Cc1ccc(Cl)cc1)c1ccc(Cl)cc1. The number of nitrogens with one attached hydrogen (secondary N) is 1. The van der Waals surface area contributed by atoms with Crippen LogP contribution in [-0.2, 0) is 16.0 Å². The summed E-state index contributed by atoms with van der Waals surface area (Å²) in [5.74, 6) is -1.52. The molecule has 0 heterocycles. The second-order valence-electron chi connectivity index (χ2n) is 5.05. The molecule has 2 aromatic carbocycles. The first kappa shape index (κ1) is 17.3. The Morgan fingerprint density at radius 2 is 1.48 bits per heavy atom. The number of benzene rings is 2. The van der Waals surface area contributed by atoms with Crippen LogP contribution < -0.4 is 10.4 Å². The molecule has 0 aliphatic carbocycles. The molecule has 2 rings (SSSR count). The van der Waals surface area contributed by atoms with Crippen molar-refractivity contribution in [3.05, 3.63) is 69.7 Å². The first-order valence-corrected chi connectivity index (χ1v) is 7.69. The van der Waals surface area contributed by atoms with E-state index in [2.05, 4.69) is 5.32 Å². The van der Waals surface area contributed by atoms with E-state index in [1.54, 1.807) is 48.5 Å². The number of hydrogen-bond acceptors (Lipinski definition) is 3. The van der Waals surface area contributed by atoms with Crippen molar-refractivity contribution in [2.45, 2.75) is 18.9 Å². The van der Waals surface area contributed by atoms with E-state index >= 15 is 0 Å². The molecule has 1 unspecified atom stereocenters. The summed E-state index contributed by atoms with van der Waals surface area (Å²) in [6.07, 6.45) is -0.178. The number of rotatable bonds is 6. The quantitative estimate of drug-likeness (QED) is 0.870. The largest absolute Gasteiger partial charge is 0.550 e. The molecule has 0 bridgehead atoms. The van der Waals surface area contributed by atoms with Gasteiger partial charge >= 0.3 is 0 Å². The van der Waals surface area contributed by atoms with Crippen LogP contribution in [0.5, 0.6) is 0 Å². The molecule has 0 radical (unpaired) electrons. The van der Waals surface area contributed by atoms with Crippen LogP contribution in [0.4, 0.5) is 0 Å². The van der Waals surface area contributed by atoms with Gasteiger partial charge in [-0.3, -0.25) is 4.79 Å². The van der Waals surface area contributed by atoms with Gasteiger partial charge in [0.05, 0.1) is 12.5 Å². The van der Waals surface area contributed by atoms with Gasteiger partial charge < -0.3 is 15.2 Å². The molecule has 1 N–H and O–H groups in total. The molecule has 0 aliphatic rings. The summed E-state index contributed by atoms with van der Waals surface area (Å²) >= 11 is 11.6. The highest BCUT2D eigenvalue weighted by atomic mass is 35.5. The lowest BCUT2D eigenvalue weighted by molar-refractivity contribution is -0.306.